The minimum Gasteiger partial charge on any atom is -0.317 e. The van der Waals surface area contributed by atoms with E-state index in [0.717, 1.165) is 6.54 Å². The van der Waals surface area contributed by atoms with Gasteiger partial charge in [-0.15, -0.1) is 0 Å². The van der Waals surface area contributed by atoms with Crippen LogP contribution >= 0.6 is 0 Å². The summed E-state index contributed by atoms with van der Waals surface area (Å²) in [5, 5.41) is 12.1. The molecule has 0 bridgehead atoms. The Balaban J connectivity index is 2.30. The molecule has 0 radical (unpaired) electrons. The van der Waals surface area contributed by atoms with Crippen molar-refractivity contribution in [3.63, 3.8) is 0 Å². The number of nitrogens with one attached hydrogen (secondary N) is 1. The maximum Gasteiger partial charge on any atom is 0.0666 e. The molecule has 86 valence electrons. The van der Waals surface area contributed by atoms with Gasteiger partial charge in [0, 0.05) is 18.6 Å². The first-order chi connectivity index (χ1) is 7.17. The van der Waals surface area contributed by atoms with Gasteiger partial charge in [-0.1, -0.05) is 0 Å². The summed E-state index contributed by atoms with van der Waals surface area (Å²) in [6, 6.07) is 3.70. The molecule has 1 saturated carbocycles. The minimum atomic E-state index is 0.150. The average Bonchev–Trinajstić information content (AvgIpc) is 2.29. The van der Waals surface area contributed by atoms with Crippen LogP contribution in [0, 0.1) is 17.2 Å². The van der Waals surface area contributed by atoms with Crippen LogP contribution in [0.4, 0.5) is 0 Å². The van der Waals surface area contributed by atoms with E-state index in [-0.39, 0.29) is 5.92 Å². The van der Waals surface area contributed by atoms with Crippen LogP contribution in [0.25, 0.3) is 0 Å². The number of rotatable bonds is 4. The lowest BCUT2D eigenvalue weighted by Gasteiger charge is -2.35. The fraction of sp³-hybridized carbons (Fsp3) is 0.917. The van der Waals surface area contributed by atoms with Crippen molar-refractivity contribution in [3.8, 4) is 6.07 Å². The second kappa shape index (κ2) is 6.09. The molecule has 3 nitrogen and oxygen atoms in total. The van der Waals surface area contributed by atoms with Crippen molar-refractivity contribution in [1.82, 2.24) is 10.2 Å². The number of nitrogens with zero attached hydrogens (tertiary/aromatic N) is 2. The van der Waals surface area contributed by atoms with E-state index < -0.39 is 0 Å². The van der Waals surface area contributed by atoms with E-state index in [1.165, 1.54) is 25.7 Å². The van der Waals surface area contributed by atoms with Gasteiger partial charge in [-0.25, -0.2) is 0 Å². The molecular formula is C12H23N3. The van der Waals surface area contributed by atoms with Crippen molar-refractivity contribution in [2.24, 2.45) is 5.92 Å². The van der Waals surface area contributed by atoms with Crippen molar-refractivity contribution in [3.05, 3.63) is 0 Å². The fourth-order valence-electron chi connectivity index (χ4n) is 2.43. The summed E-state index contributed by atoms with van der Waals surface area (Å²) in [6.45, 7) is 2.90. The van der Waals surface area contributed by atoms with E-state index in [2.05, 4.69) is 23.3 Å². The lowest BCUT2D eigenvalue weighted by molar-refractivity contribution is 0.167. The second-order valence-electron chi connectivity index (χ2n) is 4.76. The highest BCUT2D eigenvalue weighted by Gasteiger charge is 2.23. The Bertz CT molecular complexity index is 213. The molecule has 1 fully saturated rings. The van der Waals surface area contributed by atoms with Crippen molar-refractivity contribution in [2.75, 3.05) is 20.6 Å². The van der Waals surface area contributed by atoms with Crippen LogP contribution in [0.15, 0.2) is 0 Å². The van der Waals surface area contributed by atoms with Gasteiger partial charge in [0.1, 0.15) is 0 Å². The first kappa shape index (κ1) is 12.5. The first-order valence-corrected chi connectivity index (χ1v) is 5.94. The third-order valence-electron chi connectivity index (χ3n) is 3.51. The van der Waals surface area contributed by atoms with E-state index in [4.69, 9.17) is 5.26 Å². The van der Waals surface area contributed by atoms with Crippen molar-refractivity contribution < 1.29 is 0 Å². The SMILES string of the molecule is CNC1CCC(N(C)CC(C)C#N)CC1. The molecule has 15 heavy (non-hydrogen) atoms. The van der Waals surface area contributed by atoms with Gasteiger partial charge in [0.2, 0.25) is 0 Å². The molecule has 0 heterocycles. The topological polar surface area (TPSA) is 39.1 Å². The number of hydrogen-bond donors (Lipinski definition) is 1. The Morgan fingerprint density at radius 3 is 2.47 bits per heavy atom. The predicted octanol–water partition coefficient (Wildman–Crippen LogP) is 1.61. The molecule has 1 unspecified atom stereocenters. The lowest BCUT2D eigenvalue weighted by atomic mass is 9.90. The Hall–Kier alpha value is -0.590. The molecule has 1 N–H and O–H groups in total. The van der Waals surface area contributed by atoms with Gasteiger partial charge in [0.05, 0.1) is 12.0 Å². The Morgan fingerprint density at radius 1 is 1.40 bits per heavy atom. The molecule has 0 spiro atoms. The van der Waals surface area contributed by atoms with Crippen molar-refractivity contribution in [1.29, 1.82) is 5.26 Å². The summed E-state index contributed by atoms with van der Waals surface area (Å²) in [5.41, 5.74) is 0. The summed E-state index contributed by atoms with van der Waals surface area (Å²) in [7, 11) is 4.20. The van der Waals surface area contributed by atoms with Crippen LogP contribution in [0.2, 0.25) is 0 Å². The Kier molecular flexibility index (Phi) is 5.07. The zero-order valence-electron chi connectivity index (χ0n) is 10.2. The zero-order chi connectivity index (χ0) is 11.3. The van der Waals surface area contributed by atoms with Gasteiger partial charge in [0.25, 0.3) is 0 Å². The van der Waals surface area contributed by atoms with E-state index in [0.29, 0.717) is 12.1 Å². The monoisotopic (exact) mass is 209 g/mol. The Morgan fingerprint density at radius 2 is 2.00 bits per heavy atom. The molecule has 0 aromatic rings. The Labute approximate surface area is 93.5 Å². The highest BCUT2D eigenvalue weighted by atomic mass is 15.1. The molecular weight excluding hydrogens is 186 g/mol. The van der Waals surface area contributed by atoms with Gasteiger partial charge >= 0.3 is 0 Å². The second-order valence-corrected chi connectivity index (χ2v) is 4.76. The first-order valence-electron chi connectivity index (χ1n) is 5.94. The normalized spacial score (nSPS) is 28.7. The zero-order valence-corrected chi connectivity index (χ0v) is 10.2. The lowest BCUT2D eigenvalue weighted by Crippen LogP contribution is -2.41. The van der Waals surface area contributed by atoms with Crippen molar-refractivity contribution in [2.45, 2.75) is 44.7 Å². The summed E-state index contributed by atoms with van der Waals surface area (Å²) >= 11 is 0. The molecule has 0 aromatic carbocycles. The summed E-state index contributed by atoms with van der Waals surface area (Å²) in [5.74, 6) is 0.150. The van der Waals surface area contributed by atoms with Crippen LogP contribution in [-0.2, 0) is 0 Å². The van der Waals surface area contributed by atoms with Gasteiger partial charge in [0.15, 0.2) is 0 Å². The van der Waals surface area contributed by atoms with Gasteiger partial charge < -0.3 is 10.2 Å². The van der Waals surface area contributed by atoms with Crippen LogP contribution < -0.4 is 5.32 Å². The van der Waals surface area contributed by atoms with E-state index in [1.807, 2.05) is 14.0 Å². The van der Waals surface area contributed by atoms with Crippen LogP contribution in [0.5, 0.6) is 0 Å². The number of nitriles is 1. The molecule has 1 atom stereocenters. The molecule has 0 saturated heterocycles. The fourth-order valence-corrected chi connectivity index (χ4v) is 2.43. The largest absolute Gasteiger partial charge is 0.317 e. The average molecular weight is 209 g/mol. The minimum absolute atomic E-state index is 0.150. The molecule has 1 aliphatic carbocycles. The standard InChI is InChI=1S/C12H23N3/c1-10(8-13)9-15(3)12-6-4-11(14-2)5-7-12/h10-12,14H,4-7,9H2,1-3H3. The smallest absolute Gasteiger partial charge is 0.0666 e. The van der Waals surface area contributed by atoms with E-state index >= 15 is 0 Å². The molecule has 0 amide bonds. The van der Waals surface area contributed by atoms with Crippen LogP contribution in [-0.4, -0.2) is 37.6 Å². The van der Waals surface area contributed by atoms with Crippen LogP contribution in [0.1, 0.15) is 32.6 Å². The third kappa shape index (κ3) is 3.81. The highest BCUT2D eigenvalue weighted by molar-refractivity contribution is 4.85. The molecule has 1 rings (SSSR count). The maximum atomic E-state index is 8.78. The quantitative estimate of drug-likeness (QED) is 0.764. The summed E-state index contributed by atoms with van der Waals surface area (Å²) in [6.07, 6.45) is 5.07. The van der Waals surface area contributed by atoms with Crippen molar-refractivity contribution >= 4 is 0 Å². The number of hydrogen-bond acceptors (Lipinski definition) is 3. The highest BCUT2D eigenvalue weighted by Crippen LogP contribution is 2.22. The maximum absolute atomic E-state index is 8.78. The predicted molar refractivity (Wildman–Crippen MR) is 62.5 cm³/mol. The molecule has 1 aliphatic rings. The molecule has 0 aromatic heterocycles. The molecule has 3 heteroatoms. The summed E-state index contributed by atoms with van der Waals surface area (Å²) < 4.78 is 0. The van der Waals surface area contributed by atoms with E-state index in [9.17, 15) is 0 Å². The third-order valence-corrected chi connectivity index (χ3v) is 3.51. The van der Waals surface area contributed by atoms with E-state index in [1.54, 1.807) is 0 Å². The van der Waals surface area contributed by atoms with Gasteiger partial charge in [-0.2, -0.15) is 5.26 Å². The summed E-state index contributed by atoms with van der Waals surface area (Å²) in [4.78, 5) is 2.36. The van der Waals surface area contributed by atoms with Gasteiger partial charge in [-0.3, -0.25) is 0 Å². The van der Waals surface area contributed by atoms with Crippen LogP contribution in [0.3, 0.4) is 0 Å². The molecule has 0 aliphatic heterocycles. The van der Waals surface area contributed by atoms with Gasteiger partial charge in [-0.05, 0) is 46.7 Å².